The highest BCUT2D eigenvalue weighted by Crippen LogP contribution is 2.29. The van der Waals surface area contributed by atoms with E-state index in [1.54, 1.807) is 12.1 Å². The smallest absolute Gasteiger partial charge is 0.229 e. The summed E-state index contributed by atoms with van der Waals surface area (Å²) in [5, 5.41) is 17.1. The topological polar surface area (TPSA) is 78.0 Å². The van der Waals surface area contributed by atoms with Crippen LogP contribution in [0.1, 0.15) is 5.56 Å². The van der Waals surface area contributed by atoms with Crippen LogP contribution in [0.4, 0.5) is 11.5 Å². The lowest BCUT2D eigenvalue weighted by Crippen LogP contribution is -2.26. The predicted octanol–water partition coefficient (Wildman–Crippen LogP) is 3.39. The molecule has 2 N–H and O–H groups in total. The second kappa shape index (κ2) is 7.47. The minimum absolute atomic E-state index is 0.0347. The number of nitrogens with one attached hydrogen (secondary N) is 2. The molecule has 3 aromatic rings. The standard InChI is InChI=1S/C21H18ClN5O/c1-26(17-4-2-3-14(9-17)5-6-15-11-28-12-15)20-18-8-7-16(22)10-19(18)27(13-23)21(24)25-20/h2-4,7-10,13,15,23-24H,11-12H2,1H3. The number of fused-ring (bicyclic) bond motifs is 1. The Kier molecular flexibility index (Phi) is 4.86. The van der Waals surface area contributed by atoms with Crippen LogP contribution in [0.15, 0.2) is 42.5 Å². The van der Waals surface area contributed by atoms with Crippen molar-refractivity contribution in [1.29, 1.82) is 10.8 Å². The summed E-state index contributed by atoms with van der Waals surface area (Å²) in [7, 11) is 1.90. The number of hydrogen-bond acceptors (Lipinski definition) is 5. The van der Waals surface area contributed by atoms with Crippen molar-refractivity contribution in [3.05, 3.63) is 58.7 Å². The molecule has 0 unspecified atom stereocenters. The Labute approximate surface area is 167 Å². The summed E-state index contributed by atoms with van der Waals surface area (Å²) in [5.41, 5.74) is 2.45. The molecule has 0 bridgehead atoms. The van der Waals surface area contributed by atoms with Gasteiger partial charge in [0.1, 0.15) is 5.82 Å². The molecule has 6 nitrogen and oxygen atoms in total. The van der Waals surface area contributed by atoms with Gasteiger partial charge in [0.05, 0.1) is 31.0 Å². The van der Waals surface area contributed by atoms with Crippen molar-refractivity contribution in [1.82, 2.24) is 9.55 Å². The third-order valence-corrected chi connectivity index (χ3v) is 4.87. The fourth-order valence-corrected chi connectivity index (χ4v) is 3.19. The molecule has 4 rings (SSSR count). The summed E-state index contributed by atoms with van der Waals surface area (Å²) in [4.78, 5) is 6.33. The van der Waals surface area contributed by atoms with Gasteiger partial charge in [-0.1, -0.05) is 29.5 Å². The molecule has 140 valence electrons. The highest BCUT2D eigenvalue weighted by Gasteiger charge is 2.15. The van der Waals surface area contributed by atoms with Crippen LogP contribution in [0, 0.1) is 28.6 Å². The molecule has 0 aliphatic carbocycles. The van der Waals surface area contributed by atoms with Crippen molar-refractivity contribution >= 4 is 40.3 Å². The summed E-state index contributed by atoms with van der Waals surface area (Å²) in [5.74, 6) is 7.35. The van der Waals surface area contributed by atoms with E-state index >= 15 is 0 Å². The fraction of sp³-hybridized carbons (Fsp3) is 0.190. The molecule has 0 amide bonds. The summed E-state index contributed by atoms with van der Waals surface area (Å²) < 4.78 is 6.55. The van der Waals surface area contributed by atoms with Gasteiger partial charge in [-0.2, -0.15) is 4.98 Å². The first-order valence-electron chi connectivity index (χ1n) is 8.77. The number of nitrogens with zero attached hydrogens (tertiary/aromatic N) is 3. The van der Waals surface area contributed by atoms with E-state index in [0.717, 1.165) is 23.0 Å². The molecule has 1 aliphatic heterocycles. The van der Waals surface area contributed by atoms with E-state index in [2.05, 4.69) is 16.8 Å². The van der Waals surface area contributed by atoms with Gasteiger partial charge in [-0.25, -0.2) is 0 Å². The van der Waals surface area contributed by atoms with Crippen LogP contribution in [-0.2, 0) is 4.74 Å². The predicted molar refractivity (Wildman–Crippen MR) is 110 cm³/mol. The number of halogens is 1. The second-order valence-corrected chi connectivity index (χ2v) is 6.97. The molecule has 1 saturated heterocycles. The van der Waals surface area contributed by atoms with Crippen LogP contribution in [-0.4, -0.2) is 36.2 Å². The fourth-order valence-electron chi connectivity index (χ4n) is 3.03. The molecule has 7 heteroatoms. The Balaban J connectivity index is 1.79. The molecule has 1 aliphatic rings. The molecule has 0 saturated carbocycles. The average molecular weight is 392 g/mol. The number of ether oxygens (including phenoxy) is 1. The normalized spacial score (nSPS) is 13.5. The minimum atomic E-state index is -0.0347. The van der Waals surface area contributed by atoms with Gasteiger partial charge in [0.2, 0.25) is 5.62 Å². The molecule has 28 heavy (non-hydrogen) atoms. The molecule has 1 aromatic heterocycles. The zero-order valence-corrected chi connectivity index (χ0v) is 16.0. The second-order valence-electron chi connectivity index (χ2n) is 6.53. The van der Waals surface area contributed by atoms with Gasteiger partial charge in [-0.3, -0.25) is 15.4 Å². The summed E-state index contributed by atoms with van der Waals surface area (Å²) in [6.07, 6.45) is 1.07. The van der Waals surface area contributed by atoms with Crippen molar-refractivity contribution in [3.8, 4) is 11.8 Å². The maximum absolute atomic E-state index is 8.20. The number of hydrogen-bond donors (Lipinski definition) is 2. The molecule has 2 heterocycles. The van der Waals surface area contributed by atoms with Crippen LogP contribution in [0.3, 0.4) is 0 Å². The van der Waals surface area contributed by atoms with Crippen molar-refractivity contribution in [3.63, 3.8) is 0 Å². The van der Waals surface area contributed by atoms with Crippen LogP contribution >= 0.6 is 11.6 Å². The van der Waals surface area contributed by atoms with E-state index in [1.165, 1.54) is 4.57 Å². The molecule has 2 aromatic carbocycles. The van der Waals surface area contributed by atoms with Crippen molar-refractivity contribution in [2.24, 2.45) is 5.92 Å². The lowest BCUT2D eigenvalue weighted by molar-refractivity contribution is -0.00300. The van der Waals surface area contributed by atoms with Crippen molar-refractivity contribution < 1.29 is 4.74 Å². The number of rotatable bonds is 3. The Hall–Kier alpha value is -3.14. The quantitative estimate of drug-likeness (QED) is 0.408. The van der Waals surface area contributed by atoms with Crippen LogP contribution in [0.25, 0.3) is 10.9 Å². The summed E-state index contributed by atoms with van der Waals surface area (Å²) in [6.45, 7) is 1.41. The van der Waals surface area contributed by atoms with Gasteiger partial charge in [-0.05, 0) is 36.4 Å². The first-order chi connectivity index (χ1) is 13.6. The van der Waals surface area contributed by atoms with E-state index in [-0.39, 0.29) is 5.62 Å². The number of benzene rings is 2. The molecule has 0 atom stereocenters. The zero-order valence-electron chi connectivity index (χ0n) is 15.2. The van der Waals surface area contributed by atoms with Gasteiger partial charge in [0, 0.05) is 28.7 Å². The largest absolute Gasteiger partial charge is 0.379 e. The third-order valence-electron chi connectivity index (χ3n) is 4.64. The van der Waals surface area contributed by atoms with Gasteiger partial charge in [0.15, 0.2) is 0 Å². The maximum atomic E-state index is 8.20. The first-order valence-corrected chi connectivity index (χ1v) is 9.14. The SMILES string of the molecule is CN(c1cccc(C#CC2COC2)c1)c1nc(=N)n(C=N)c2cc(Cl)ccc12. The number of aromatic nitrogens is 2. The lowest BCUT2D eigenvalue weighted by Gasteiger charge is -2.21. The van der Waals surface area contributed by atoms with E-state index in [0.29, 0.717) is 35.5 Å². The van der Waals surface area contributed by atoms with Crippen LogP contribution in [0.2, 0.25) is 5.02 Å². The van der Waals surface area contributed by atoms with Gasteiger partial charge in [-0.15, -0.1) is 0 Å². The molecular formula is C21H18ClN5O. The average Bonchev–Trinajstić information content (AvgIpc) is 2.66. The van der Waals surface area contributed by atoms with E-state index in [9.17, 15) is 0 Å². The maximum Gasteiger partial charge on any atom is 0.229 e. The van der Waals surface area contributed by atoms with Crippen LogP contribution in [0.5, 0.6) is 0 Å². The van der Waals surface area contributed by atoms with Gasteiger partial charge >= 0.3 is 0 Å². The van der Waals surface area contributed by atoms with Crippen molar-refractivity contribution in [2.75, 3.05) is 25.2 Å². The Bertz CT molecular complexity index is 1190. The van der Waals surface area contributed by atoms with Gasteiger partial charge < -0.3 is 9.64 Å². The molecule has 1 fully saturated rings. The minimum Gasteiger partial charge on any atom is -0.379 e. The Morgan fingerprint density at radius 3 is 2.82 bits per heavy atom. The van der Waals surface area contributed by atoms with Crippen LogP contribution < -0.4 is 10.5 Å². The van der Waals surface area contributed by atoms with Gasteiger partial charge in [0.25, 0.3) is 0 Å². The summed E-state index contributed by atoms with van der Waals surface area (Å²) >= 11 is 6.14. The lowest BCUT2D eigenvalue weighted by atomic mass is 10.1. The van der Waals surface area contributed by atoms with E-state index < -0.39 is 0 Å². The van der Waals surface area contributed by atoms with E-state index in [4.69, 9.17) is 27.2 Å². The number of anilines is 2. The van der Waals surface area contributed by atoms with E-state index in [1.807, 2.05) is 42.3 Å². The highest BCUT2D eigenvalue weighted by atomic mass is 35.5. The Morgan fingerprint density at radius 1 is 1.29 bits per heavy atom. The zero-order chi connectivity index (χ0) is 19.7. The third kappa shape index (κ3) is 3.38. The Morgan fingerprint density at radius 2 is 2.11 bits per heavy atom. The van der Waals surface area contributed by atoms with Crippen molar-refractivity contribution in [2.45, 2.75) is 0 Å². The molecular weight excluding hydrogens is 374 g/mol. The molecule has 0 radical (unpaired) electrons. The highest BCUT2D eigenvalue weighted by molar-refractivity contribution is 6.31. The summed E-state index contributed by atoms with van der Waals surface area (Å²) in [6, 6.07) is 13.3. The first kappa shape index (κ1) is 18.2. The molecule has 0 spiro atoms. The monoisotopic (exact) mass is 391 g/mol.